The zero-order valence-corrected chi connectivity index (χ0v) is 13.2. The number of amides is 1. The molecule has 4 rings (SSSR count). The van der Waals surface area contributed by atoms with Gasteiger partial charge in [-0.25, -0.2) is 9.67 Å². The van der Waals surface area contributed by atoms with Crippen LogP contribution in [0.4, 0.5) is 0 Å². The van der Waals surface area contributed by atoms with E-state index in [0.29, 0.717) is 0 Å². The third-order valence-electron chi connectivity index (χ3n) is 4.76. The standard InChI is InChI=1S/C18H17N5O/c19-10-17-20-12-22(21-17)11-18(24)23-15-6-7-16(23)9-14(8-15)13-4-2-1-3-5-13/h1-5,8,12,15-16H,6-7,9,11H2. The van der Waals surface area contributed by atoms with Gasteiger partial charge in [-0.3, -0.25) is 4.79 Å². The third kappa shape index (κ3) is 2.58. The molecule has 2 aliphatic heterocycles. The lowest BCUT2D eigenvalue weighted by Gasteiger charge is -2.34. The minimum atomic E-state index is 0.0419. The van der Waals surface area contributed by atoms with Crippen LogP contribution in [0.15, 0.2) is 42.7 Å². The molecule has 2 aromatic rings. The maximum Gasteiger partial charge on any atom is 0.252 e. The summed E-state index contributed by atoms with van der Waals surface area (Å²) in [5, 5.41) is 12.8. The van der Waals surface area contributed by atoms with Gasteiger partial charge >= 0.3 is 0 Å². The van der Waals surface area contributed by atoms with E-state index in [1.54, 1.807) is 0 Å². The Morgan fingerprint density at radius 1 is 1.29 bits per heavy atom. The van der Waals surface area contributed by atoms with E-state index < -0.39 is 0 Å². The SMILES string of the molecule is N#Cc1ncn(CC(=O)N2C3C=C(c4ccccc4)CC2CC3)n1. The molecule has 0 radical (unpaired) electrons. The highest BCUT2D eigenvalue weighted by molar-refractivity contribution is 5.80. The molecule has 6 heteroatoms. The van der Waals surface area contributed by atoms with Gasteiger partial charge in [-0.05, 0) is 30.4 Å². The second-order valence-electron chi connectivity index (χ2n) is 6.24. The molecule has 1 amide bonds. The van der Waals surface area contributed by atoms with E-state index in [1.807, 2.05) is 29.2 Å². The van der Waals surface area contributed by atoms with Crippen LogP contribution in [0.1, 0.15) is 30.7 Å². The van der Waals surface area contributed by atoms with E-state index in [-0.39, 0.29) is 30.4 Å². The summed E-state index contributed by atoms with van der Waals surface area (Å²) in [6, 6.07) is 12.7. The van der Waals surface area contributed by atoms with E-state index >= 15 is 0 Å². The van der Waals surface area contributed by atoms with Gasteiger partial charge in [0.1, 0.15) is 18.9 Å². The lowest BCUT2D eigenvalue weighted by atomic mass is 9.95. The van der Waals surface area contributed by atoms with Gasteiger partial charge in [0.05, 0.1) is 6.04 Å². The predicted molar refractivity (Wildman–Crippen MR) is 87.4 cm³/mol. The van der Waals surface area contributed by atoms with Crippen LogP contribution in [0.25, 0.3) is 5.57 Å². The first kappa shape index (κ1) is 14.6. The van der Waals surface area contributed by atoms with Crippen LogP contribution >= 0.6 is 0 Å². The summed E-state index contributed by atoms with van der Waals surface area (Å²) < 4.78 is 1.44. The summed E-state index contributed by atoms with van der Waals surface area (Å²) in [6.45, 7) is 0.135. The first-order valence-electron chi connectivity index (χ1n) is 8.11. The Kier molecular flexibility index (Phi) is 3.62. The average Bonchev–Trinajstić information content (AvgIpc) is 3.17. The van der Waals surface area contributed by atoms with E-state index in [0.717, 1.165) is 19.3 Å². The van der Waals surface area contributed by atoms with Crippen molar-refractivity contribution < 1.29 is 4.79 Å². The molecule has 0 saturated carbocycles. The molecule has 1 fully saturated rings. The molecule has 120 valence electrons. The highest BCUT2D eigenvalue weighted by Crippen LogP contribution is 2.38. The molecule has 6 nitrogen and oxygen atoms in total. The molecule has 1 aromatic carbocycles. The number of carbonyl (C=O) groups is 1. The molecule has 3 heterocycles. The Morgan fingerprint density at radius 3 is 2.83 bits per heavy atom. The molecule has 0 aliphatic carbocycles. The summed E-state index contributed by atoms with van der Waals surface area (Å²) in [5.41, 5.74) is 2.58. The molecule has 2 aliphatic rings. The van der Waals surface area contributed by atoms with E-state index in [4.69, 9.17) is 5.26 Å². The summed E-state index contributed by atoms with van der Waals surface area (Å²) in [7, 11) is 0. The van der Waals surface area contributed by atoms with Crippen LogP contribution in [-0.2, 0) is 11.3 Å². The second-order valence-corrected chi connectivity index (χ2v) is 6.24. The fourth-order valence-electron chi connectivity index (χ4n) is 3.73. The molecular weight excluding hydrogens is 302 g/mol. The quantitative estimate of drug-likeness (QED) is 0.867. The third-order valence-corrected chi connectivity index (χ3v) is 4.76. The van der Waals surface area contributed by atoms with Crippen LogP contribution in [-0.4, -0.2) is 37.7 Å². The smallest absolute Gasteiger partial charge is 0.252 e. The molecule has 0 N–H and O–H groups in total. The van der Waals surface area contributed by atoms with Crippen molar-refractivity contribution in [3.8, 4) is 6.07 Å². The second kappa shape index (κ2) is 5.93. The van der Waals surface area contributed by atoms with E-state index in [1.165, 1.54) is 22.1 Å². The number of fused-ring (bicyclic) bond motifs is 2. The van der Waals surface area contributed by atoms with Crippen molar-refractivity contribution in [1.29, 1.82) is 5.26 Å². The van der Waals surface area contributed by atoms with Gasteiger partial charge < -0.3 is 4.90 Å². The number of carbonyl (C=O) groups excluding carboxylic acids is 1. The van der Waals surface area contributed by atoms with Crippen molar-refractivity contribution in [2.24, 2.45) is 0 Å². The molecule has 2 atom stereocenters. The topological polar surface area (TPSA) is 74.8 Å². The predicted octanol–water partition coefficient (Wildman–Crippen LogP) is 2.00. The van der Waals surface area contributed by atoms with Crippen molar-refractivity contribution >= 4 is 11.5 Å². The lowest BCUT2D eigenvalue weighted by molar-refractivity contribution is -0.134. The number of nitrogens with zero attached hydrogens (tertiary/aromatic N) is 5. The maximum atomic E-state index is 12.7. The Bertz CT molecular complexity index is 833. The Labute approximate surface area is 140 Å². The Balaban J connectivity index is 1.52. The number of hydrogen-bond donors (Lipinski definition) is 0. The van der Waals surface area contributed by atoms with Crippen molar-refractivity contribution in [3.05, 3.63) is 54.1 Å². The number of nitriles is 1. The number of benzene rings is 1. The fraction of sp³-hybridized carbons (Fsp3) is 0.333. The van der Waals surface area contributed by atoms with Crippen molar-refractivity contribution in [1.82, 2.24) is 19.7 Å². The van der Waals surface area contributed by atoms with Crippen molar-refractivity contribution in [3.63, 3.8) is 0 Å². The number of aromatic nitrogens is 3. The van der Waals surface area contributed by atoms with Crippen LogP contribution in [0, 0.1) is 11.3 Å². The van der Waals surface area contributed by atoms with Crippen LogP contribution in [0.2, 0.25) is 0 Å². The zero-order chi connectivity index (χ0) is 16.5. The van der Waals surface area contributed by atoms with Gasteiger partial charge in [0, 0.05) is 6.04 Å². The first-order valence-corrected chi connectivity index (χ1v) is 8.11. The average molecular weight is 319 g/mol. The van der Waals surface area contributed by atoms with Gasteiger partial charge in [0.15, 0.2) is 0 Å². The number of rotatable bonds is 3. The van der Waals surface area contributed by atoms with Crippen molar-refractivity contribution in [2.75, 3.05) is 0 Å². The summed E-state index contributed by atoms with van der Waals surface area (Å²) in [5.74, 6) is 0.135. The lowest BCUT2D eigenvalue weighted by Crippen LogP contribution is -2.44. The fourth-order valence-corrected chi connectivity index (χ4v) is 3.73. The van der Waals surface area contributed by atoms with Gasteiger partial charge in [0.25, 0.3) is 5.82 Å². The van der Waals surface area contributed by atoms with Gasteiger partial charge in [0.2, 0.25) is 5.91 Å². The summed E-state index contributed by atoms with van der Waals surface area (Å²) >= 11 is 0. The molecule has 24 heavy (non-hydrogen) atoms. The van der Waals surface area contributed by atoms with E-state index in [2.05, 4.69) is 28.3 Å². The van der Waals surface area contributed by atoms with Gasteiger partial charge in [-0.2, -0.15) is 5.26 Å². The summed E-state index contributed by atoms with van der Waals surface area (Å²) in [4.78, 5) is 18.5. The van der Waals surface area contributed by atoms with Gasteiger partial charge in [-0.1, -0.05) is 36.4 Å². The molecule has 2 bridgehead atoms. The minimum Gasteiger partial charge on any atom is -0.331 e. The largest absolute Gasteiger partial charge is 0.331 e. The summed E-state index contributed by atoms with van der Waals surface area (Å²) in [6.07, 6.45) is 6.61. The maximum absolute atomic E-state index is 12.7. The zero-order valence-electron chi connectivity index (χ0n) is 13.2. The van der Waals surface area contributed by atoms with Crippen LogP contribution < -0.4 is 0 Å². The normalized spacial score (nSPS) is 22.1. The van der Waals surface area contributed by atoms with Gasteiger partial charge in [-0.15, -0.1) is 5.10 Å². The Morgan fingerprint density at radius 2 is 2.12 bits per heavy atom. The first-order chi connectivity index (χ1) is 11.7. The molecular formula is C18H17N5O. The monoisotopic (exact) mass is 319 g/mol. The van der Waals surface area contributed by atoms with Crippen molar-refractivity contribution in [2.45, 2.75) is 37.9 Å². The molecule has 2 unspecified atom stereocenters. The number of hydrogen-bond acceptors (Lipinski definition) is 4. The van der Waals surface area contributed by atoms with Crippen LogP contribution in [0.3, 0.4) is 0 Å². The van der Waals surface area contributed by atoms with E-state index in [9.17, 15) is 4.79 Å². The molecule has 1 aromatic heterocycles. The highest BCUT2D eigenvalue weighted by atomic mass is 16.2. The highest BCUT2D eigenvalue weighted by Gasteiger charge is 2.39. The molecule has 1 saturated heterocycles. The van der Waals surface area contributed by atoms with Crippen LogP contribution in [0.5, 0.6) is 0 Å². The molecule has 0 spiro atoms. The Hall–Kier alpha value is -2.94. The minimum absolute atomic E-state index is 0.0419.